The first-order valence-corrected chi connectivity index (χ1v) is 5.83. The molecule has 0 saturated carbocycles. The van der Waals surface area contributed by atoms with Crippen LogP contribution in [0.5, 0.6) is 11.5 Å². The fourth-order valence-electron chi connectivity index (χ4n) is 1.54. The van der Waals surface area contributed by atoms with Gasteiger partial charge in [-0.05, 0) is 25.2 Å². The maximum absolute atomic E-state index is 11.5. The Labute approximate surface area is 120 Å². The predicted octanol–water partition coefficient (Wildman–Crippen LogP) is 1.35. The minimum atomic E-state index is 0. The summed E-state index contributed by atoms with van der Waals surface area (Å²) in [6, 6.07) is 5.51. The van der Waals surface area contributed by atoms with Crippen molar-refractivity contribution in [2.75, 3.05) is 27.8 Å². The van der Waals surface area contributed by atoms with Gasteiger partial charge in [0.05, 0.1) is 14.2 Å². The molecule has 19 heavy (non-hydrogen) atoms. The summed E-state index contributed by atoms with van der Waals surface area (Å²) in [5.41, 5.74) is 0.898. The summed E-state index contributed by atoms with van der Waals surface area (Å²) in [5.74, 6) is 1.49. The summed E-state index contributed by atoms with van der Waals surface area (Å²) in [4.78, 5) is 11.5. The van der Waals surface area contributed by atoms with E-state index in [1.54, 1.807) is 14.2 Å². The molecule has 0 heterocycles. The molecule has 0 unspecified atom stereocenters. The zero-order chi connectivity index (χ0) is 13.4. The number of carbonyl (C=O) groups is 1. The minimum Gasteiger partial charge on any atom is -0.497 e. The number of benzene rings is 1. The lowest BCUT2D eigenvalue weighted by atomic mass is 10.2. The van der Waals surface area contributed by atoms with Crippen molar-refractivity contribution in [3.05, 3.63) is 23.8 Å². The number of ether oxygens (including phenoxy) is 2. The van der Waals surface area contributed by atoms with Gasteiger partial charge in [0.1, 0.15) is 11.5 Å². The lowest BCUT2D eigenvalue weighted by Gasteiger charge is -2.11. The number of halogens is 1. The van der Waals surface area contributed by atoms with Crippen LogP contribution in [0.25, 0.3) is 0 Å². The van der Waals surface area contributed by atoms with Gasteiger partial charge in [-0.3, -0.25) is 4.79 Å². The number of carbonyl (C=O) groups excluding carboxylic acids is 1. The van der Waals surface area contributed by atoms with Crippen molar-refractivity contribution in [2.24, 2.45) is 0 Å². The second-order valence-electron chi connectivity index (χ2n) is 3.81. The van der Waals surface area contributed by atoms with Crippen LogP contribution in [-0.4, -0.2) is 33.7 Å². The van der Waals surface area contributed by atoms with Gasteiger partial charge in [-0.2, -0.15) is 0 Å². The number of nitrogens with one attached hydrogen (secondary N) is 2. The van der Waals surface area contributed by atoms with Crippen molar-refractivity contribution in [2.45, 2.75) is 13.0 Å². The maximum atomic E-state index is 11.5. The van der Waals surface area contributed by atoms with Crippen LogP contribution in [-0.2, 0) is 11.3 Å². The molecule has 6 heteroatoms. The van der Waals surface area contributed by atoms with Gasteiger partial charge in [-0.1, -0.05) is 0 Å². The quantitative estimate of drug-likeness (QED) is 0.795. The van der Waals surface area contributed by atoms with Gasteiger partial charge in [-0.25, -0.2) is 0 Å². The molecule has 0 atom stereocenters. The van der Waals surface area contributed by atoms with Crippen LogP contribution in [0.15, 0.2) is 18.2 Å². The van der Waals surface area contributed by atoms with Crippen molar-refractivity contribution in [1.82, 2.24) is 10.6 Å². The van der Waals surface area contributed by atoms with Gasteiger partial charge in [0.25, 0.3) is 0 Å². The summed E-state index contributed by atoms with van der Waals surface area (Å²) in [5, 5.41) is 5.78. The molecular weight excluding hydrogens is 268 g/mol. The Balaban J connectivity index is 0.00000324. The molecule has 0 aliphatic heterocycles. The highest BCUT2D eigenvalue weighted by atomic mass is 35.5. The van der Waals surface area contributed by atoms with E-state index in [-0.39, 0.29) is 18.3 Å². The number of methoxy groups -OCH3 is 2. The van der Waals surface area contributed by atoms with Gasteiger partial charge in [0.2, 0.25) is 5.91 Å². The Hall–Kier alpha value is -1.46. The summed E-state index contributed by atoms with van der Waals surface area (Å²) in [7, 11) is 5.03. The van der Waals surface area contributed by atoms with Gasteiger partial charge in [0, 0.05) is 25.1 Å². The fraction of sp³-hybridized carbons (Fsp3) is 0.462. The van der Waals surface area contributed by atoms with Crippen LogP contribution in [0.2, 0.25) is 0 Å². The molecule has 1 amide bonds. The molecule has 0 saturated heterocycles. The first kappa shape index (κ1) is 17.5. The summed E-state index contributed by atoms with van der Waals surface area (Å²) < 4.78 is 10.4. The molecule has 1 aromatic rings. The normalized spacial score (nSPS) is 9.42. The lowest BCUT2D eigenvalue weighted by Crippen LogP contribution is -2.26. The van der Waals surface area contributed by atoms with E-state index < -0.39 is 0 Å². The summed E-state index contributed by atoms with van der Waals surface area (Å²) in [6.45, 7) is 1.10. The second kappa shape index (κ2) is 9.47. The number of hydrogen-bond acceptors (Lipinski definition) is 4. The third kappa shape index (κ3) is 5.81. The summed E-state index contributed by atoms with van der Waals surface area (Å²) in [6.07, 6.45) is 0.461. The Morgan fingerprint density at radius 2 is 2.00 bits per heavy atom. The molecule has 0 aliphatic rings. The molecule has 108 valence electrons. The molecule has 2 N–H and O–H groups in total. The summed E-state index contributed by atoms with van der Waals surface area (Å²) >= 11 is 0. The zero-order valence-corrected chi connectivity index (χ0v) is 12.3. The van der Waals surface area contributed by atoms with E-state index >= 15 is 0 Å². The Morgan fingerprint density at radius 1 is 1.26 bits per heavy atom. The number of amides is 1. The largest absolute Gasteiger partial charge is 0.497 e. The van der Waals surface area contributed by atoms with Gasteiger partial charge in [0.15, 0.2) is 0 Å². The topological polar surface area (TPSA) is 59.6 Å². The minimum absolute atomic E-state index is 0. The van der Waals surface area contributed by atoms with Crippen molar-refractivity contribution in [1.29, 1.82) is 0 Å². The van der Waals surface area contributed by atoms with Crippen molar-refractivity contribution in [3.8, 4) is 11.5 Å². The van der Waals surface area contributed by atoms with Crippen LogP contribution in [0.4, 0.5) is 0 Å². The number of hydrogen-bond donors (Lipinski definition) is 2. The zero-order valence-electron chi connectivity index (χ0n) is 11.5. The highest BCUT2D eigenvalue weighted by Gasteiger charge is 2.06. The fourth-order valence-corrected chi connectivity index (χ4v) is 1.54. The molecule has 0 aliphatic carbocycles. The Morgan fingerprint density at radius 3 is 2.58 bits per heavy atom. The lowest BCUT2D eigenvalue weighted by molar-refractivity contribution is -0.121. The molecule has 5 nitrogen and oxygen atoms in total. The van der Waals surface area contributed by atoms with E-state index in [9.17, 15) is 4.79 Å². The molecule has 0 fully saturated rings. The van der Waals surface area contributed by atoms with Gasteiger partial charge < -0.3 is 20.1 Å². The van der Waals surface area contributed by atoms with E-state index in [4.69, 9.17) is 9.47 Å². The molecule has 0 aromatic heterocycles. The van der Waals surface area contributed by atoms with Crippen LogP contribution in [0.3, 0.4) is 0 Å². The first-order chi connectivity index (χ1) is 8.71. The van der Waals surface area contributed by atoms with E-state index in [1.165, 1.54) is 0 Å². The average molecular weight is 289 g/mol. The highest BCUT2D eigenvalue weighted by molar-refractivity contribution is 5.85. The van der Waals surface area contributed by atoms with Crippen molar-refractivity contribution < 1.29 is 14.3 Å². The highest BCUT2D eigenvalue weighted by Crippen LogP contribution is 2.23. The van der Waals surface area contributed by atoms with Crippen LogP contribution >= 0.6 is 12.4 Å². The van der Waals surface area contributed by atoms with Crippen LogP contribution in [0.1, 0.15) is 12.0 Å². The monoisotopic (exact) mass is 288 g/mol. The molecule has 0 radical (unpaired) electrons. The van der Waals surface area contributed by atoms with Gasteiger partial charge in [-0.15, -0.1) is 12.4 Å². The van der Waals surface area contributed by atoms with Gasteiger partial charge >= 0.3 is 0 Å². The van der Waals surface area contributed by atoms with Crippen LogP contribution < -0.4 is 20.1 Å². The standard InChI is InChI=1S/C13H20N2O3.ClH/c1-14-7-6-13(16)15-9-10-8-11(17-2)4-5-12(10)18-3;/h4-5,8,14H,6-7,9H2,1-3H3,(H,15,16);1H. The van der Waals surface area contributed by atoms with Crippen molar-refractivity contribution in [3.63, 3.8) is 0 Å². The first-order valence-electron chi connectivity index (χ1n) is 5.83. The van der Waals surface area contributed by atoms with Crippen molar-refractivity contribution >= 4 is 18.3 Å². The second-order valence-corrected chi connectivity index (χ2v) is 3.81. The molecule has 0 bridgehead atoms. The predicted molar refractivity (Wildman–Crippen MR) is 77.2 cm³/mol. The smallest absolute Gasteiger partial charge is 0.221 e. The average Bonchev–Trinajstić information content (AvgIpc) is 2.42. The SMILES string of the molecule is CNCCC(=O)NCc1cc(OC)ccc1OC.Cl. The van der Waals surface area contributed by atoms with E-state index in [1.807, 2.05) is 25.2 Å². The molecular formula is C13H21ClN2O3. The third-order valence-electron chi connectivity index (χ3n) is 2.57. The Bertz CT molecular complexity index is 399. The molecule has 0 spiro atoms. The van der Waals surface area contributed by atoms with E-state index in [0.717, 1.165) is 17.1 Å². The molecule has 1 rings (SSSR count). The third-order valence-corrected chi connectivity index (χ3v) is 2.57. The van der Waals surface area contributed by atoms with Crippen LogP contribution in [0, 0.1) is 0 Å². The number of rotatable bonds is 7. The molecule has 1 aromatic carbocycles. The Kier molecular flexibility index (Phi) is 8.74. The van der Waals surface area contributed by atoms with E-state index in [0.29, 0.717) is 19.5 Å². The van der Waals surface area contributed by atoms with E-state index in [2.05, 4.69) is 10.6 Å². The maximum Gasteiger partial charge on any atom is 0.221 e.